The number of unbranched alkanes of at least 4 members (excludes halogenated alkanes) is 3. The first-order chi connectivity index (χ1) is 6.62. The molecule has 0 atom stereocenters. The maximum Gasteiger partial charge on any atom is 0.186 e. The molecule has 1 saturated heterocycles. The van der Waals surface area contributed by atoms with E-state index in [1.54, 1.807) is 0 Å². The number of hydrogen-bond donors (Lipinski definition) is 0. The molecule has 0 radical (unpaired) electrons. The molecule has 1 rings (SSSR count). The van der Waals surface area contributed by atoms with E-state index < -0.39 is 8.32 Å². The topological polar surface area (TPSA) is 9.23 Å². The third kappa shape index (κ3) is 8.76. The second kappa shape index (κ2) is 8.48. The summed E-state index contributed by atoms with van der Waals surface area (Å²) in [5.74, 6) is 0. The third-order valence-electron chi connectivity index (χ3n) is 2.62. The van der Waals surface area contributed by atoms with E-state index >= 15 is 0 Å². The minimum atomic E-state index is -1.09. The van der Waals surface area contributed by atoms with Gasteiger partial charge in [0.05, 0.1) is 0 Å². The molecule has 0 bridgehead atoms. The van der Waals surface area contributed by atoms with Crippen molar-refractivity contribution in [3.8, 4) is 0 Å². The lowest BCUT2D eigenvalue weighted by Crippen LogP contribution is -2.33. The number of rotatable bonds is 3. The van der Waals surface area contributed by atoms with Crippen molar-refractivity contribution >= 4 is 8.32 Å². The van der Waals surface area contributed by atoms with Crippen LogP contribution in [0.1, 0.15) is 52.4 Å². The lowest BCUT2D eigenvalue weighted by atomic mass is 10.2. The minimum absolute atomic E-state index is 1.03. The highest BCUT2D eigenvalue weighted by atomic mass is 28.4. The molecule has 0 aromatic carbocycles. The van der Waals surface area contributed by atoms with E-state index in [9.17, 15) is 0 Å². The van der Waals surface area contributed by atoms with Crippen LogP contribution in [-0.4, -0.2) is 14.9 Å². The van der Waals surface area contributed by atoms with Crippen molar-refractivity contribution in [2.75, 3.05) is 6.61 Å². The van der Waals surface area contributed by atoms with Gasteiger partial charge in [0.1, 0.15) is 0 Å². The highest BCUT2D eigenvalue weighted by Crippen LogP contribution is 2.20. The van der Waals surface area contributed by atoms with Gasteiger partial charge in [-0.3, -0.25) is 0 Å². The molecule has 1 aliphatic rings. The second-order valence-electron chi connectivity index (χ2n) is 4.77. The SMILES string of the molecule is CCCCCC.C[Si]1(C)CCCCO1. The monoisotopic (exact) mass is 216 g/mol. The molecule has 0 aromatic rings. The summed E-state index contributed by atoms with van der Waals surface area (Å²) in [7, 11) is -1.09. The van der Waals surface area contributed by atoms with Gasteiger partial charge in [-0.25, -0.2) is 0 Å². The van der Waals surface area contributed by atoms with Gasteiger partial charge in [0.2, 0.25) is 0 Å². The quantitative estimate of drug-likeness (QED) is 0.495. The van der Waals surface area contributed by atoms with Crippen molar-refractivity contribution in [1.82, 2.24) is 0 Å². The average molecular weight is 216 g/mol. The van der Waals surface area contributed by atoms with Crippen molar-refractivity contribution in [3.05, 3.63) is 0 Å². The maximum atomic E-state index is 5.60. The Hall–Kier alpha value is 0.177. The predicted molar refractivity (Wildman–Crippen MR) is 67.3 cm³/mol. The fourth-order valence-corrected chi connectivity index (χ4v) is 3.52. The van der Waals surface area contributed by atoms with Gasteiger partial charge >= 0.3 is 0 Å². The fraction of sp³-hybridized carbons (Fsp3) is 1.00. The van der Waals surface area contributed by atoms with Crippen molar-refractivity contribution in [2.45, 2.75) is 71.5 Å². The van der Waals surface area contributed by atoms with Gasteiger partial charge in [0, 0.05) is 6.61 Å². The molecule has 86 valence electrons. The molecule has 0 N–H and O–H groups in total. The minimum Gasteiger partial charge on any atom is -0.417 e. The van der Waals surface area contributed by atoms with Gasteiger partial charge in [-0.15, -0.1) is 0 Å². The van der Waals surface area contributed by atoms with E-state index in [0.29, 0.717) is 0 Å². The van der Waals surface area contributed by atoms with Crippen molar-refractivity contribution < 1.29 is 4.43 Å². The summed E-state index contributed by atoms with van der Waals surface area (Å²) in [5, 5.41) is 0. The zero-order valence-electron chi connectivity index (χ0n) is 10.6. The van der Waals surface area contributed by atoms with E-state index in [4.69, 9.17) is 4.43 Å². The van der Waals surface area contributed by atoms with Crippen LogP contribution in [0.4, 0.5) is 0 Å². The van der Waals surface area contributed by atoms with Crippen LogP contribution in [0.5, 0.6) is 0 Å². The molecule has 0 saturated carbocycles. The summed E-state index contributed by atoms with van der Waals surface area (Å²) < 4.78 is 5.60. The van der Waals surface area contributed by atoms with Gasteiger partial charge in [-0.1, -0.05) is 46.0 Å². The number of hydrogen-bond acceptors (Lipinski definition) is 1. The summed E-state index contributed by atoms with van der Waals surface area (Å²) >= 11 is 0. The second-order valence-corrected chi connectivity index (χ2v) is 9.08. The predicted octanol–water partition coefficient (Wildman–Crippen LogP) is 4.59. The Morgan fingerprint density at radius 1 is 1.00 bits per heavy atom. The van der Waals surface area contributed by atoms with Crippen LogP contribution >= 0.6 is 0 Å². The summed E-state index contributed by atoms with van der Waals surface area (Å²) in [5.41, 5.74) is 0. The molecule has 1 nitrogen and oxygen atoms in total. The third-order valence-corrected chi connectivity index (χ3v) is 5.17. The average Bonchev–Trinajstić information content (AvgIpc) is 2.15. The lowest BCUT2D eigenvalue weighted by Gasteiger charge is -2.27. The van der Waals surface area contributed by atoms with Crippen LogP contribution in [0.25, 0.3) is 0 Å². The molecular formula is C12H28OSi. The molecule has 0 spiro atoms. The molecule has 0 aliphatic carbocycles. The largest absolute Gasteiger partial charge is 0.417 e. The first kappa shape index (κ1) is 14.2. The molecule has 1 fully saturated rings. The van der Waals surface area contributed by atoms with E-state index in [2.05, 4.69) is 26.9 Å². The summed E-state index contributed by atoms with van der Waals surface area (Å²) in [4.78, 5) is 0. The van der Waals surface area contributed by atoms with Crippen LogP contribution in [-0.2, 0) is 4.43 Å². The fourth-order valence-electron chi connectivity index (χ4n) is 1.57. The molecule has 0 amide bonds. The van der Waals surface area contributed by atoms with Crippen LogP contribution in [0.3, 0.4) is 0 Å². The molecule has 2 heteroatoms. The standard InChI is InChI=1S/C6H14OSi.C6H14/c1-8(2)6-4-3-5-7-8;1-3-5-6-4-2/h3-6H2,1-2H3;3-6H2,1-2H3. The molecule has 1 heterocycles. The highest BCUT2D eigenvalue weighted by Gasteiger charge is 2.24. The summed E-state index contributed by atoms with van der Waals surface area (Å²) in [6.07, 6.45) is 8.23. The first-order valence-electron chi connectivity index (χ1n) is 6.26. The highest BCUT2D eigenvalue weighted by molar-refractivity contribution is 6.71. The zero-order chi connectivity index (χ0) is 10.9. The zero-order valence-corrected chi connectivity index (χ0v) is 11.6. The van der Waals surface area contributed by atoms with Crippen LogP contribution < -0.4 is 0 Å². The van der Waals surface area contributed by atoms with Crippen LogP contribution in [0.2, 0.25) is 19.1 Å². The molecular weight excluding hydrogens is 188 g/mol. The van der Waals surface area contributed by atoms with Crippen LogP contribution in [0, 0.1) is 0 Å². The van der Waals surface area contributed by atoms with E-state index in [-0.39, 0.29) is 0 Å². The normalized spacial score (nSPS) is 19.7. The molecule has 14 heavy (non-hydrogen) atoms. The Balaban J connectivity index is 0.000000255. The summed E-state index contributed by atoms with van der Waals surface area (Å²) in [6.45, 7) is 10.1. The van der Waals surface area contributed by atoms with Crippen molar-refractivity contribution in [2.24, 2.45) is 0 Å². The van der Waals surface area contributed by atoms with Gasteiger partial charge in [0.15, 0.2) is 8.32 Å². The molecule has 0 aromatic heterocycles. The van der Waals surface area contributed by atoms with Gasteiger partial charge in [-0.2, -0.15) is 0 Å². The van der Waals surface area contributed by atoms with Crippen molar-refractivity contribution in [1.29, 1.82) is 0 Å². The van der Waals surface area contributed by atoms with Gasteiger partial charge in [-0.05, 0) is 25.6 Å². The Morgan fingerprint density at radius 3 is 1.79 bits per heavy atom. The van der Waals surface area contributed by atoms with Crippen LogP contribution in [0.15, 0.2) is 0 Å². The maximum absolute atomic E-state index is 5.60. The Kier molecular flexibility index (Phi) is 8.59. The molecule has 0 unspecified atom stereocenters. The van der Waals surface area contributed by atoms with Gasteiger partial charge < -0.3 is 4.43 Å². The Bertz CT molecular complexity index is 111. The Morgan fingerprint density at radius 2 is 1.57 bits per heavy atom. The van der Waals surface area contributed by atoms with E-state index in [0.717, 1.165) is 6.61 Å². The lowest BCUT2D eigenvalue weighted by molar-refractivity contribution is 0.275. The van der Waals surface area contributed by atoms with E-state index in [1.165, 1.54) is 44.6 Å². The Labute approximate surface area is 91.4 Å². The van der Waals surface area contributed by atoms with Gasteiger partial charge in [0.25, 0.3) is 0 Å². The first-order valence-corrected chi connectivity index (χ1v) is 9.38. The summed E-state index contributed by atoms with van der Waals surface area (Å²) in [6, 6.07) is 1.37. The van der Waals surface area contributed by atoms with Crippen molar-refractivity contribution in [3.63, 3.8) is 0 Å². The molecule has 1 aliphatic heterocycles. The van der Waals surface area contributed by atoms with E-state index in [1.807, 2.05) is 0 Å². The smallest absolute Gasteiger partial charge is 0.186 e.